The number of allylic oxidation sites excluding steroid dienone is 2. The van der Waals surface area contributed by atoms with Gasteiger partial charge in [-0.25, -0.2) is 0 Å². The van der Waals surface area contributed by atoms with E-state index in [4.69, 9.17) is 14.2 Å². The lowest BCUT2D eigenvalue weighted by molar-refractivity contribution is -0.167. The summed E-state index contributed by atoms with van der Waals surface area (Å²) in [5.41, 5.74) is 0. The Hall–Kier alpha value is -1.85. The molecule has 0 aliphatic rings. The van der Waals surface area contributed by atoms with E-state index in [1.54, 1.807) is 0 Å². The van der Waals surface area contributed by atoms with Crippen molar-refractivity contribution in [2.45, 2.75) is 284 Å². The summed E-state index contributed by atoms with van der Waals surface area (Å²) in [5.74, 6) is -0.870. The van der Waals surface area contributed by atoms with E-state index in [0.29, 0.717) is 19.3 Å². The van der Waals surface area contributed by atoms with Gasteiger partial charge in [-0.3, -0.25) is 14.4 Å². The molecule has 0 saturated carbocycles. The Labute approximate surface area is 354 Å². The van der Waals surface area contributed by atoms with Gasteiger partial charge < -0.3 is 14.2 Å². The van der Waals surface area contributed by atoms with Gasteiger partial charge >= 0.3 is 17.9 Å². The van der Waals surface area contributed by atoms with Gasteiger partial charge in [-0.05, 0) is 44.9 Å². The van der Waals surface area contributed by atoms with Crippen LogP contribution in [0.25, 0.3) is 0 Å². The van der Waals surface area contributed by atoms with Crippen LogP contribution < -0.4 is 0 Å². The van der Waals surface area contributed by atoms with Crippen molar-refractivity contribution in [2.75, 3.05) is 13.2 Å². The van der Waals surface area contributed by atoms with Gasteiger partial charge in [-0.2, -0.15) is 0 Å². The lowest BCUT2D eigenvalue weighted by Crippen LogP contribution is -2.30. The zero-order chi connectivity index (χ0) is 41.5. The highest BCUT2D eigenvalue weighted by Gasteiger charge is 2.19. The third-order valence-corrected chi connectivity index (χ3v) is 11.3. The molecule has 0 fully saturated rings. The van der Waals surface area contributed by atoms with E-state index in [1.807, 2.05) is 0 Å². The van der Waals surface area contributed by atoms with E-state index >= 15 is 0 Å². The number of carbonyl (C=O) groups is 3. The monoisotopic (exact) mass is 805 g/mol. The number of esters is 3. The van der Waals surface area contributed by atoms with Gasteiger partial charge in [0, 0.05) is 19.3 Å². The maximum absolute atomic E-state index is 12.6. The van der Waals surface area contributed by atoms with Crippen LogP contribution in [0.15, 0.2) is 12.2 Å². The van der Waals surface area contributed by atoms with Crippen molar-refractivity contribution < 1.29 is 28.6 Å². The number of unbranched alkanes of at least 4 members (excludes halogenated alkanes) is 33. The first kappa shape index (κ1) is 55.2. The maximum Gasteiger partial charge on any atom is 0.306 e. The second-order valence-electron chi connectivity index (χ2n) is 17.1. The first-order chi connectivity index (χ1) is 28.0. The normalized spacial score (nSPS) is 12.0. The smallest absolute Gasteiger partial charge is 0.306 e. The SMILES string of the molecule is CCCCCCCCCC/C=C\CCCCCCCCCCCCCCCC(=O)OCC(COC(=O)CCCCCCCCC)OC(=O)CCCCCCCCC. The molecule has 0 amide bonds. The molecule has 57 heavy (non-hydrogen) atoms. The summed E-state index contributed by atoms with van der Waals surface area (Å²) in [6.45, 7) is 6.57. The van der Waals surface area contributed by atoms with Gasteiger partial charge in [0.05, 0.1) is 0 Å². The second-order valence-corrected chi connectivity index (χ2v) is 17.1. The minimum Gasteiger partial charge on any atom is -0.462 e. The molecule has 0 aromatic rings. The Morgan fingerprint density at radius 1 is 0.333 bits per heavy atom. The maximum atomic E-state index is 12.6. The molecule has 336 valence electrons. The third kappa shape index (κ3) is 45.1. The summed E-state index contributed by atoms with van der Waals surface area (Å²) in [6, 6.07) is 0. The van der Waals surface area contributed by atoms with E-state index in [9.17, 15) is 14.4 Å². The highest BCUT2D eigenvalue weighted by molar-refractivity contribution is 5.71. The van der Waals surface area contributed by atoms with Gasteiger partial charge in [-0.15, -0.1) is 0 Å². The van der Waals surface area contributed by atoms with Crippen molar-refractivity contribution in [3.05, 3.63) is 12.2 Å². The minimum atomic E-state index is -0.759. The fourth-order valence-electron chi connectivity index (χ4n) is 7.44. The molecule has 0 radical (unpaired) electrons. The van der Waals surface area contributed by atoms with Crippen LogP contribution in [0.3, 0.4) is 0 Å². The molecular weight excluding hydrogens is 709 g/mol. The highest BCUT2D eigenvalue weighted by atomic mass is 16.6. The lowest BCUT2D eigenvalue weighted by Gasteiger charge is -2.18. The summed E-state index contributed by atoms with van der Waals surface area (Å²) in [4.78, 5) is 37.5. The van der Waals surface area contributed by atoms with Crippen LogP contribution in [-0.4, -0.2) is 37.2 Å². The largest absolute Gasteiger partial charge is 0.462 e. The number of hydrogen-bond donors (Lipinski definition) is 0. The number of rotatable bonds is 46. The average molecular weight is 805 g/mol. The van der Waals surface area contributed by atoms with E-state index in [1.165, 1.54) is 180 Å². The zero-order valence-electron chi connectivity index (χ0n) is 38.4. The Morgan fingerprint density at radius 3 is 0.877 bits per heavy atom. The lowest BCUT2D eigenvalue weighted by atomic mass is 10.0. The van der Waals surface area contributed by atoms with Crippen molar-refractivity contribution in [3.8, 4) is 0 Å². The van der Waals surface area contributed by atoms with E-state index in [0.717, 1.165) is 57.8 Å². The fraction of sp³-hybridized carbons (Fsp3) is 0.902. The van der Waals surface area contributed by atoms with Gasteiger partial charge in [0.15, 0.2) is 6.10 Å². The second kappa shape index (κ2) is 46.8. The van der Waals surface area contributed by atoms with Crippen LogP contribution in [0.2, 0.25) is 0 Å². The Bertz CT molecular complexity index is 885. The molecule has 0 rings (SSSR count). The van der Waals surface area contributed by atoms with Crippen molar-refractivity contribution in [2.24, 2.45) is 0 Å². The topological polar surface area (TPSA) is 78.9 Å². The Morgan fingerprint density at radius 2 is 0.579 bits per heavy atom. The molecule has 0 aromatic carbocycles. The Kier molecular flexibility index (Phi) is 45.3. The Balaban J connectivity index is 3.96. The number of carbonyl (C=O) groups excluding carboxylic acids is 3. The third-order valence-electron chi connectivity index (χ3n) is 11.3. The number of hydrogen-bond acceptors (Lipinski definition) is 6. The molecule has 6 nitrogen and oxygen atoms in total. The molecule has 0 aliphatic carbocycles. The molecule has 0 spiro atoms. The molecule has 0 N–H and O–H groups in total. The van der Waals surface area contributed by atoms with Crippen molar-refractivity contribution in [1.29, 1.82) is 0 Å². The van der Waals surface area contributed by atoms with Gasteiger partial charge in [0.1, 0.15) is 13.2 Å². The van der Waals surface area contributed by atoms with Gasteiger partial charge in [-0.1, -0.05) is 226 Å². The van der Waals surface area contributed by atoms with E-state index in [-0.39, 0.29) is 31.1 Å². The molecule has 1 atom stereocenters. The van der Waals surface area contributed by atoms with Gasteiger partial charge in [0.25, 0.3) is 0 Å². The molecule has 1 unspecified atom stereocenters. The van der Waals surface area contributed by atoms with Crippen LogP contribution >= 0.6 is 0 Å². The molecule has 6 heteroatoms. The molecule has 0 aromatic heterocycles. The molecular formula is C51H96O6. The van der Waals surface area contributed by atoms with Crippen LogP contribution in [0.1, 0.15) is 278 Å². The summed E-state index contributed by atoms with van der Waals surface area (Å²) < 4.78 is 16.6. The summed E-state index contributed by atoms with van der Waals surface area (Å²) >= 11 is 0. The first-order valence-corrected chi connectivity index (χ1v) is 25.2. The predicted octanol–water partition coefficient (Wildman–Crippen LogP) is 16.2. The van der Waals surface area contributed by atoms with Crippen LogP contribution in [0.4, 0.5) is 0 Å². The predicted molar refractivity (Wildman–Crippen MR) is 243 cm³/mol. The van der Waals surface area contributed by atoms with Crippen LogP contribution in [0.5, 0.6) is 0 Å². The van der Waals surface area contributed by atoms with Gasteiger partial charge in [0.2, 0.25) is 0 Å². The van der Waals surface area contributed by atoms with Crippen molar-refractivity contribution in [3.63, 3.8) is 0 Å². The molecule has 0 bridgehead atoms. The first-order valence-electron chi connectivity index (χ1n) is 25.2. The quantitative estimate of drug-likeness (QED) is 0.0264. The molecule has 0 aliphatic heterocycles. The van der Waals surface area contributed by atoms with E-state index < -0.39 is 6.10 Å². The number of ether oxygens (including phenoxy) is 3. The van der Waals surface area contributed by atoms with Crippen molar-refractivity contribution >= 4 is 17.9 Å². The summed E-state index contributed by atoms with van der Waals surface area (Å²) in [7, 11) is 0. The highest BCUT2D eigenvalue weighted by Crippen LogP contribution is 2.16. The minimum absolute atomic E-state index is 0.0664. The average Bonchev–Trinajstić information content (AvgIpc) is 3.21. The summed E-state index contributed by atoms with van der Waals surface area (Å²) in [6.07, 6.45) is 51.0. The van der Waals surface area contributed by atoms with Crippen LogP contribution in [-0.2, 0) is 28.6 Å². The molecule has 0 heterocycles. The molecule has 0 saturated heterocycles. The van der Waals surface area contributed by atoms with E-state index in [2.05, 4.69) is 32.9 Å². The zero-order valence-corrected chi connectivity index (χ0v) is 38.4. The summed E-state index contributed by atoms with van der Waals surface area (Å²) in [5, 5.41) is 0. The van der Waals surface area contributed by atoms with Crippen molar-refractivity contribution in [1.82, 2.24) is 0 Å². The van der Waals surface area contributed by atoms with Crippen LogP contribution in [0, 0.1) is 0 Å². The standard InChI is InChI=1S/C51H96O6/c1-4-7-10-13-16-17-18-19-20-21-22-23-24-25-26-27-28-29-30-31-32-33-36-38-41-44-50(53)56-47-48(57-51(54)45-42-39-35-15-12-9-6-3)46-55-49(52)43-40-37-34-14-11-8-5-2/h21-22,48H,4-20,23-47H2,1-3H3/b22-21-. The fourth-order valence-corrected chi connectivity index (χ4v) is 7.44.